The van der Waals surface area contributed by atoms with E-state index in [9.17, 15) is 19.2 Å². The Bertz CT molecular complexity index is 800. The van der Waals surface area contributed by atoms with Crippen molar-refractivity contribution in [3.05, 3.63) is 29.3 Å². The van der Waals surface area contributed by atoms with Gasteiger partial charge in [0.25, 0.3) is 11.8 Å². The van der Waals surface area contributed by atoms with Crippen molar-refractivity contribution < 1.29 is 19.2 Å². The molecule has 0 bridgehead atoms. The van der Waals surface area contributed by atoms with E-state index in [2.05, 4.69) is 10.6 Å². The van der Waals surface area contributed by atoms with Gasteiger partial charge in [-0.05, 0) is 37.0 Å². The first-order valence-electron chi connectivity index (χ1n) is 9.14. The fraction of sp³-hybridized carbons (Fsp3) is 0.474. The van der Waals surface area contributed by atoms with E-state index in [1.54, 1.807) is 18.2 Å². The maximum Gasteiger partial charge on any atom is 0.262 e. The number of hydrogen-bond acceptors (Lipinski definition) is 5. The first-order valence-corrected chi connectivity index (χ1v) is 9.14. The lowest BCUT2D eigenvalue weighted by Gasteiger charge is -2.27. The maximum atomic E-state index is 12.7. The normalized spacial score (nSPS) is 22.9. The first-order chi connectivity index (χ1) is 12.5. The third kappa shape index (κ3) is 2.87. The van der Waals surface area contributed by atoms with E-state index in [0.717, 1.165) is 29.5 Å². The zero-order valence-corrected chi connectivity index (χ0v) is 14.4. The third-order valence-corrected chi connectivity index (χ3v) is 5.55. The van der Waals surface area contributed by atoms with Crippen LogP contribution < -0.4 is 10.6 Å². The van der Waals surface area contributed by atoms with Crippen molar-refractivity contribution >= 4 is 29.3 Å². The first kappa shape index (κ1) is 16.8. The summed E-state index contributed by atoms with van der Waals surface area (Å²) in [6.45, 7) is 0.836. The second-order valence-corrected chi connectivity index (χ2v) is 7.22. The Morgan fingerprint density at radius 3 is 2.50 bits per heavy atom. The number of carbonyl (C=O) groups excluding carboxylic acids is 4. The molecule has 1 atom stereocenters. The lowest BCUT2D eigenvalue weighted by Crippen LogP contribution is -2.54. The molecule has 0 spiro atoms. The molecule has 136 valence electrons. The molecule has 0 radical (unpaired) electrons. The number of hydrogen-bond donors (Lipinski definition) is 2. The Labute approximate surface area is 151 Å². The van der Waals surface area contributed by atoms with Gasteiger partial charge < -0.3 is 5.32 Å². The van der Waals surface area contributed by atoms with Crippen molar-refractivity contribution in [2.45, 2.75) is 44.6 Å². The molecule has 7 nitrogen and oxygen atoms in total. The van der Waals surface area contributed by atoms with Crippen LogP contribution in [0.25, 0.3) is 0 Å². The van der Waals surface area contributed by atoms with Gasteiger partial charge in [0, 0.05) is 18.7 Å². The van der Waals surface area contributed by atoms with Crippen LogP contribution in [-0.2, 0) is 9.59 Å². The van der Waals surface area contributed by atoms with E-state index in [1.165, 1.54) is 19.3 Å². The average molecular weight is 355 g/mol. The number of carbonyl (C=O) groups is 4. The molecule has 0 aromatic heterocycles. The molecule has 1 aromatic rings. The summed E-state index contributed by atoms with van der Waals surface area (Å²) in [6, 6.07) is 4.18. The Hall–Kier alpha value is -2.70. The molecular weight excluding hydrogens is 334 g/mol. The van der Waals surface area contributed by atoms with Crippen LogP contribution in [0.2, 0.25) is 0 Å². The van der Waals surface area contributed by atoms with Crippen molar-refractivity contribution in [1.29, 1.82) is 0 Å². The number of anilines is 1. The lowest BCUT2D eigenvalue weighted by molar-refractivity contribution is -0.136. The summed E-state index contributed by atoms with van der Waals surface area (Å²) in [5, 5.41) is 5.51. The van der Waals surface area contributed by atoms with Gasteiger partial charge in [-0.15, -0.1) is 0 Å². The summed E-state index contributed by atoms with van der Waals surface area (Å²) in [5.74, 6) is -1.11. The van der Waals surface area contributed by atoms with Crippen LogP contribution in [0.1, 0.15) is 59.2 Å². The van der Waals surface area contributed by atoms with Crippen LogP contribution >= 0.6 is 0 Å². The lowest BCUT2D eigenvalue weighted by atomic mass is 9.83. The fourth-order valence-electron chi connectivity index (χ4n) is 3.78. The van der Waals surface area contributed by atoms with Crippen LogP contribution in [0, 0.1) is 5.92 Å². The maximum absolute atomic E-state index is 12.7. The topological polar surface area (TPSA) is 95.6 Å². The molecule has 4 rings (SSSR count). The smallest absolute Gasteiger partial charge is 0.262 e. The largest absolute Gasteiger partial charge is 0.385 e. The number of fused-ring (bicyclic) bond motifs is 1. The highest BCUT2D eigenvalue weighted by Gasteiger charge is 2.44. The molecule has 2 fully saturated rings. The number of rotatable bonds is 5. The van der Waals surface area contributed by atoms with E-state index >= 15 is 0 Å². The standard InChI is InChI=1S/C19H21N3O4/c23-16-7-6-15(17(24)21-16)22-18(25)13-5-4-12(10-14(13)19(22)26)20-9-8-11-2-1-3-11/h4-5,10-11,15,20H,1-3,6-9H2,(H,21,23,24). The quantitative estimate of drug-likeness (QED) is 0.784. The second kappa shape index (κ2) is 6.55. The van der Waals surface area contributed by atoms with Gasteiger partial charge in [-0.1, -0.05) is 19.3 Å². The highest BCUT2D eigenvalue weighted by atomic mass is 16.2. The van der Waals surface area contributed by atoms with Gasteiger partial charge in [0.1, 0.15) is 6.04 Å². The second-order valence-electron chi connectivity index (χ2n) is 7.22. The molecule has 2 heterocycles. The van der Waals surface area contributed by atoms with E-state index < -0.39 is 23.8 Å². The van der Waals surface area contributed by atoms with Gasteiger partial charge >= 0.3 is 0 Å². The van der Waals surface area contributed by atoms with Crippen LogP contribution in [0.4, 0.5) is 5.69 Å². The molecule has 26 heavy (non-hydrogen) atoms. The molecule has 2 aliphatic heterocycles. The molecular formula is C19H21N3O4. The predicted molar refractivity (Wildman–Crippen MR) is 93.6 cm³/mol. The van der Waals surface area contributed by atoms with E-state index in [1.807, 2.05) is 0 Å². The molecule has 1 aromatic carbocycles. The SMILES string of the molecule is O=C1CCC(N2C(=O)c3ccc(NCCC4CCC4)cc3C2=O)C(=O)N1. The Kier molecular flexibility index (Phi) is 4.22. The van der Waals surface area contributed by atoms with Crippen molar-refractivity contribution in [2.75, 3.05) is 11.9 Å². The number of piperidine rings is 1. The summed E-state index contributed by atoms with van der Waals surface area (Å²) < 4.78 is 0. The zero-order valence-electron chi connectivity index (χ0n) is 14.4. The highest BCUT2D eigenvalue weighted by molar-refractivity contribution is 6.23. The third-order valence-electron chi connectivity index (χ3n) is 5.55. The summed E-state index contributed by atoms with van der Waals surface area (Å²) in [5.41, 5.74) is 1.42. The zero-order chi connectivity index (χ0) is 18.3. The Balaban J connectivity index is 1.48. The molecule has 7 heteroatoms. The van der Waals surface area contributed by atoms with Crippen molar-refractivity contribution in [1.82, 2.24) is 10.2 Å². The molecule has 4 amide bonds. The molecule has 1 saturated heterocycles. The number of nitrogens with zero attached hydrogens (tertiary/aromatic N) is 1. The van der Waals surface area contributed by atoms with Crippen molar-refractivity contribution in [3.63, 3.8) is 0 Å². The number of nitrogens with one attached hydrogen (secondary N) is 2. The monoisotopic (exact) mass is 355 g/mol. The predicted octanol–water partition coefficient (Wildman–Crippen LogP) is 1.69. The van der Waals surface area contributed by atoms with E-state index in [0.29, 0.717) is 11.1 Å². The summed E-state index contributed by atoms with van der Waals surface area (Å²) in [4.78, 5) is 49.7. The Morgan fingerprint density at radius 1 is 1.04 bits per heavy atom. The summed E-state index contributed by atoms with van der Waals surface area (Å²) in [7, 11) is 0. The van der Waals surface area contributed by atoms with Crippen molar-refractivity contribution in [3.8, 4) is 0 Å². The summed E-state index contributed by atoms with van der Waals surface area (Å²) >= 11 is 0. The van der Waals surface area contributed by atoms with Crippen LogP contribution in [0.5, 0.6) is 0 Å². The highest BCUT2D eigenvalue weighted by Crippen LogP contribution is 2.31. The van der Waals surface area contributed by atoms with Gasteiger partial charge in [0.2, 0.25) is 11.8 Å². The van der Waals surface area contributed by atoms with Crippen molar-refractivity contribution in [2.24, 2.45) is 5.92 Å². The van der Waals surface area contributed by atoms with E-state index in [4.69, 9.17) is 0 Å². The minimum atomic E-state index is -0.921. The molecule has 3 aliphatic rings. The number of benzene rings is 1. The van der Waals surface area contributed by atoms with Gasteiger partial charge in [0.15, 0.2) is 0 Å². The van der Waals surface area contributed by atoms with Gasteiger partial charge in [-0.2, -0.15) is 0 Å². The Morgan fingerprint density at radius 2 is 1.81 bits per heavy atom. The van der Waals surface area contributed by atoms with Crippen LogP contribution in [-0.4, -0.2) is 41.1 Å². The number of imide groups is 2. The van der Waals surface area contributed by atoms with Crippen LogP contribution in [0.3, 0.4) is 0 Å². The number of amides is 4. The van der Waals surface area contributed by atoms with Crippen LogP contribution in [0.15, 0.2) is 18.2 Å². The average Bonchev–Trinajstić information content (AvgIpc) is 2.81. The molecule has 1 unspecified atom stereocenters. The minimum absolute atomic E-state index is 0.123. The molecule has 1 aliphatic carbocycles. The molecule has 2 N–H and O–H groups in total. The van der Waals surface area contributed by atoms with Gasteiger partial charge in [-0.25, -0.2) is 0 Å². The molecule has 1 saturated carbocycles. The van der Waals surface area contributed by atoms with Gasteiger partial charge in [0.05, 0.1) is 11.1 Å². The fourth-order valence-corrected chi connectivity index (χ4v) is 3.78. The summed E-state index contributed by atoms with van der Waals surface area (Å²) in [6.07, 6.45) is 5.29. The minimum Gasteiger partial charge on any atom is -0.385 e. The van der Waals surface area contributed by atoms with Gasteiger partial charge in [-0.3, -0.25) is 29.4 Å². The van der Waals surface area contributed by atoms with E-state index in [-0.39, 0.29) is 18.7 Å².